The van der Waals surface area contributed by atoms with E-state index in [1.807, 2.05) is 12.2 Å². The van der Waals surface area contributed by atoms with Crippen molar-refractivity contribution in [3.63, 3.8) is 0 Å². The predicted molar refractivity (Wildman–Crippen MR) is 94.4 cm³/mol. The highest BCUT2D eigenvalue weighted by molar-refractivity contribution is 5.84. The van der Waals surface area contributed by atoms with Crippen LogP contribution in [0.15, 0.2) is 12.2 Å². The van der Waals surface area contributed by atoms with E-state index in [1.165, 1.54) is 0 Å². The van der Waals surface area contributed by atoms with Gasteiger partial charge in [0.2, 0.25) is 0 Å². The molecule has 0 heterocycles. The van der Waals surface area contributed by atoms with E-state index in [1.54, 1.807) is 0 Å². The molecule has 4 nitrogen and oxygen atoms in total. The Morgan fingerprint density at radius 1 is 1.33 bits per heavy atom. The quantitative estimate of drug-likeness (QED) is 0.363. The van der Waals surface area contributed by atoms with Crippen molar-refractivity contribution in [2.45, 2.75) is 77.2 Å². The van der Waals surface area contributed by atoms with Crippen molar-refractivity contribution in [3.8, 4) is 11.8 Å². The van der Waals surface area contributed by atoms with E-state index < -0.39 is 12.1 Å². The standard InChI is InChI=1S/C20H30O4/c1-2-3-6-9-17(21)14-12-16-13-15-19(22)18(16)10-7-4-5-8-11-20(23)24/h12,14,16-18,21H,2-3,5-6,8-11,13,15H2,1H3,(H,23,24). The smallest absolute Gasteiger partial charge is 0.303 e. The van der Waals surface area contributed by atoms with Gasteiger partial charge in [0.1, 0.15) is 5.78 Å². The van der Waals surface area contributed by atoms with Crippen LogP contribution in [0, 0.1) is 23.7 Å². The molecular formula is C20H30O4. The minimum atomic E-state index is -0.800. The zero-order valence-electron chi connectivity index (χ0n) is 14.7. The second-order valence-corrected chi connectivity index (χ2v) is 6.53. The van der Waals surface area contributed by atoms with Crippen LogP contribution in [0.5, 0.6) is 0 Å². The first-order chi connectivity index (χ1) is 11.5. The highest BCUT2D eigenvalue weighted by Crippen LogP contribution is 2.32. The molecule has 0 aromatic rings. The molecule has 0 spiro atoms. The van der Waals surface area contributed by atoms with Gasteiger partial charge in [0.05, 0.1) is 6.10 Å². The van der Waals surface area contributed by atoms with Crippen LogP contribution in [-0.2, 0) is 9.59 Å². The van der Waals surface area contributed by atoms with Gasteiger partial charge in [0.15, 0.2) is 0 Å². The highest BCUT2D eigenvalue weighted by atomic mass is 16.4. The molecule has 4 heteroatoms. The number of unbranched alkanes of at least 4 members (excludes halogenated alkanes) is 3. The Morgan fingerprint density at radius 3 is 2.83 bits per heavy atom. The SMILES string of the molecule is CCCCCC(O)C=CC1CCC(=O)C1CC#CCCCC(=O)O. The van der Waals surface area contributed by atoms with E-state index in [4.69, 9.17) is 5.11 Å². The molecule has 3 atom stereocenters. The topological polar surface area (TPSA) is 74.6 Å². The summed E-state index contributed by atoms with van der Waals surface area (Å²) in [7, 11) is 0. The molecule has 0 aromatic carbocycles. The first-order valence-electron chi connectivity index (χ1n) is 9.11. The van der Waals surface area contributed by atoms with Gasteiger partial charge in [-0.25, -0.2) is 0 Å². The summed E-state index contributed by atoms with van der Waals surface area (Å²) in [5.41, 5.74) is 0. The van der Waals surface area contributed by atoms with Gasteiger partial charge in [-0.1, -0.05) is 38.3 Å². The van der Waals surface area contributed by atoms with Crippen LogP contribution in [0.3, 0.4) is 0 Å². The fourth-order valence-corrected chi connectivity index (χ4v) is 3.00. The second kappa shape index (κ2) is 11.9. The van der Waals surface area contributed by atoms with E-state index in [0.29, 0.717) is 25.7 Å². The summed E-state index contributed by atoms with van der Waals surface area (Å²) in [5, 5.41) is 18.5. The van der Waals surface area contributed by atoms with Crippen molar-refractivity contribution >= 4 is 11.8 Å². The molecule has 24 heavy (non-hydrogen) atoms. The Labute approximate surface area is 145 Å². The number of allylic oxidation sites excluding steroid dienone is 1. The molecular weight excluding hydrogens is 304 g/mol. The number of aliphatic hydroxyl groups is 1. The zero-order valence-corrected chi connectivity index (χ0v) is 14.7. The van der Waals surface area contributed by atoms with Crippen molar-refractivity contribution in [2.75, 3.05) is 0 Å². The lowest BCUT2D eigenvalue weighted by Gasteiger charge is -2.12. The van der Waals surface area contributed by atoms with Crippen molar-refractivity contribution in [1.29, 1.82) is 0 Å². The Balaban J connectivity index is 2.40. The number of carbonyl (C=O) groups excluding carboxylic acids is 1. The first-order valence-corrected chi connectivity index (χ1v) is 9.11. The van der Waals surface area contributed by atoms with E-state index >= 15 is 0 Å². The number of aliphatic hydroxyl groups excluding tert-OH is 1. The highest BCUT2D eigenvalue weighted by Gasteiger charge is 2.32. The first kappa shape index (κ1) is 20.4. The fraction of sp³-hybridized carbons (Fsp3) is 0.700. The molecule has 3 unspecified atom stereocenters. The van der Waals surface area contributed by atoms with Gasteiger partial charge in [-0.15, -0.1) is 11.8 Å². The number of carboxylic acid groups (broad SMARTS) is 1. The Hall–Kier alpha value is -1.60. The Morgan fingerprint density at radius 2 is 2.12 bits per heavy atom. The average molecular weight is 334 g/mol. The lowest BCUT2D eigenvalue weighted by Crippen LogP contribution is -2.13. The molecule has 2 N–H and O–H groups in total. The molecule has 0 bridgehead atoms. The minimum absolute atomic E-state index is 0.0731. The number of rotatable bonds is 10. The average Bonchev–Trinajstić information content (AvgIpc) is 2.89. The number of Topliss-reactive ketones (excluding diaryl/α,β-unsaturated/α-hetero) is 1. The summed E-state index contributed by atoms with van der Waals surface area (Å²) in [6.45, 7) is 2.14. The van der Waals surface area contributed by atoms with Crippen LogP contribution < -0.4 is 0 Å². The molecule has 0 aliphatic heterocycles. The van der Waals surface area contributed by atoms with E-state index in [9.17, 15) is 14.7 Å². The third-order valence-corrected chi connectivity index (χ3v) is 4.48. The van der Waals surface area contributed by atoms with Crippen LogP contribution >= 0.6 is 0 Å². The zero-order chi connectivity index (χ0) is 17.8. The third kappa shape index (κ3) is 8.31. The van der Waals surface area contributed by atoms with Gasteiger partial charge in [-0.3, -0.25) is 9.59 Å². The summed E-state index contributed by atoms with van der Waals surface area (Å²) in [5.74, 6) is 5.55. The molecule has 1 fully saturated rings. The van der Waals surface area contributed by atoms with E-state index in [-0.39, 0.29) is 24.0 Å². The summed E-state index contributed by atoms with van der Waals surface area (Å²) in [6.07, 6.45) is 10.7. The molecule has 0 radical (unpaired) electrons. The van der Waals surface area contributed by atoms with Crippen LogP contribution in [0.4, 0.5) is 0 Å². The van der Waals surface area contributed by atoms with Crippen LogP contribution in [0.1, 0.15) is 71.1 Å². The molecule has 1 aliphatic carbocycles. The molecule has 1 saturated carbocycles. The largest absolute Gasteiger partial charge is 0.481 e. The van der Waals surface area contributed by atoms with Crippen molar-refractivity contribution in [1.82, 2.24) is 0 Å². The predicted octanol–water partition coefficient (Wildman–Crippen LogP) is 3.73. The molecule has 0 aromatic heterocycles. The third-order valence-electron chi connectivity index (χ3n) is 4.48. The molecule has 134 valence electrons. The summed E-state index contributed by atoms with van der Waals surface area (Å²) < 4.78 is 0. The number of hydrogen-bond acceptors (Lipinski definition) is 3. The van der Waals surface area contributed by atoms with Gasteiger partial charge in [-0.05, 0) is 25.2 Å². The number of carboxylic acids is 1. The monoisotopic (exact) mass is 334 g/mol. The normalized spacial score (nSPS) is 21.7. The maximum Gasteiger partial charge on any atom is 0.303 e. The van der Waals surface area contributed by atoms with Crippen LogP contribution in [0.25, 0.3) is 0 Å². The van der Waals surface area contributed by atoms with E-state index in [0.717, 1.165) is 32.1 Å². The summed E-state index contributed by atoms with van der Waals surface area (Å²) in [4.78, 5) is 22.4. The van der Waals surface area contributed by atoms with Gasteiger partial charge in [0, 0.05) is 31.6 Å². The van der Waals surface area contributed by atoms with Crippen molar-refractivity contribution in [3.05, 3.63) is 12.2 Å². The number of carbonyl (C=O) groups is 2. The summed E-state index contributed by atoms with van der Waals surface area (Å²) >= 11 is 0. The van der Waals surface area contributed by atoms with E-state index in [2.05, 4.69) is 18.8 Å². The molecule has 0 amide bonds. The molecule has 1 aliphatic rings. The van der Waals surface area contributed by atoms with Crippen molar-refractivity contribution in [2.24, 2.45) is 11.8 Å². The van der Waals surface area contributed by atoms with Gasteiger partial charge < -0.3 is 10.2 Å². The minimum Gasteiger partial charge on any atom is -0.481 e. The molecule has 0 saturated heterocycles. The van der Waals surface area contributed by atoms with Gasteiger partial charge >= 0.3 is 5.97 Å². The van der Waals surface area contributed by atoms with Crippen LogP contribution in [-0.4, -0.2) is 28.1 Å². The molecule has 1 rings (SSSR count). The van der Waals surface area contributed by atoms with Gasteiger partial charge in [-0.2, -0.15) is 0 Å². The van der Waals surface area contributed by atoms with Gasteiger partial charge in [0.25, 0.3) is 0 Å². The Kier molecular flexibility index (Phi) is 10.1. The maximum atomic E-state index is 12.0. The Bertz CT molecular complexity index is 484. The maximum absolute atomic E-state index is 12.0. The van der Waals surface area contributed by atoms with Crippen molar-refractivity contribution < 1.29 is 19.8 Å². The lowest BCUT2D eigenvalue weighted by atomic mass is 9.91. The van der Waals surface area contributed by atoms with Crippen LogP contribution in [0.2, 0.25) is 0 Å². The fourth-order valence-electron chi connectivity index (χ4n) is 3.00. The second-order valence-electron chi connectivity index (χ2n) is 6.53. The number of aliphatic carboxylic acids is 1. The number of hydrogen-bond donors (Lipinski definition) is 2. The summed E-state index contributed by atoms with van der Waals surface area (Å²) in [6, 6.07) is 0. The number of ketones is 1. The lowest BCUT2D eigenvalue weighted by molar-refractivity contribution is -0.137.